The van der Waals surface area contributed by atoms with E-state index in [0.717, 1.165) is 22.3 Å². The molecule has 2 heterocycles. The average Bonchev–Trinajstić information content (AvgIpc) is 2.60. The first kappa shape index (κ1) is 14.1. The molecule has 0 aliphatic heterocycles. The van der Waals surface area contributed by atoms with Crippen LogP contribution in [-0.2, 0) is 0 Å². The average molecular weight is 296 g/mol. The van der Waals surface area contributed by atoms with Crippen LogP contribution in [0.2, 0.25) is 0 Å². The van der Waals surface area contributed by atoms with E-state index in [1.807, 2.05) is 31.3 Å². The van der Waals surface area contributed by atoms with Gasteiger partial charge in [0.2, 0.25) is 0 Å². The molecule has 0 saturated carbocycles. The van der Waals surface area contributed by atoms with Crippen molar-refractivity contribution in [3.05, 3.63) is 36.7 Å². The highest BCUT2D eigenvalue weighted by Crippen LogP contribution is 2.33. The lowest BCUT2D eigenvalue weighted by molar-refractivity contribution is 0.355. The minimum atomic E-state index is 0.659. The molecule has 0 saturated heterocycles. The molecule has 22 heavy (non-hydrogen) atoms. The van der Waals surface area contributed by atoms with Gasteiger partial charge in [0.25, 0.3) is 0 Å². The van der Waals surface area contributed by atoms with E-state index >= 15 is 0 Å². The summed E-state index contributed by atoms with van der Waals surface area (Å²) in [6.45, 7) is 0. The quantitative estimate of drug-likeness (QED) is 0.798. The van der Waals surface area contributed by atoms with Crippen LogP contribution in [0.1, 0.15) is 0 Å². The third kappa shape index (κ3) is 2.39. The molecule has 0 bridgehead atoms. The second-order valence-electron chi connectivity index (χ2n) is 4.60. The molecular formula is C16H16N4O2. The molecule has 0 unspecified atom stereocenters. The summed E-state index contributed by atoms with van der Waals surface area (Å²) in [5.74, 6) is 2.03. The summed E-state index contributed by atoms with van der Waals surface area (Å²) in [4.78, 5) is 13.3. The van der Waals surface area contributed by atoms with E-state index in [4.69, 9.17) is 9.47 Å². The second kappa shape index (κ2) is 5.85. The third-order valence-corrected chi connectivity index (χ3v) is 3.37. The minimum Gasteiger partial charge on any atom is -0.493 e. The fraction of sp³-hybridized carbons (Fsp3) is 0.188. The summed E-state index contributed by atoms with van der Waals surface area (Å²) in [6.07, 6.45) is 3.32. The fourth-order valence-corrected chi connectivity index (χ4v) is 2.29. The Hall–Kier alpha value is -2.89. The number of ether oxygens (including phenoxy) is 2. The number of benzene rings is 1. The Bertz CT molecular complexity index is 820. The Morgan fingerprint density at radius 2 is 1.73 bits per heavy atom. The zero-order valence-electron chi connectivity index (χ0n) is 12.6. The summed E-state index contributed by atoms with van der Waals surface area (Å²) in [5, 5.41) is 3.06. The predicted octanol–water partition coefficient (Wildman–Crippen LogP) is 2.75. The zero-order valence-corrected chi connectivity index (χ0v) is 12.6. The van der Waals surface area contributed by atoms with Crippen LogP contribution in [0.25, 0.3) is 22.3 Å². The van der Waals surface area contributed by atoms with Gasteiger partial charge >= 0.3 is 0 Å². The van der Waals surface area contributed by atoms with Crippen LogP contribution < -0.4 is 14.8 Å². The first-order chi connectivity index (χ1) is 10.8. The van der Waals surface area contributed by atoms with E-state index in [1.165, 1.54) is 0 Å². The maximum atomic E-state index is 5.35. The number of pyridine rings is 1. The largest absolute Gasteiger partial charge is 0.493 e. The second-order valence-corrected chi connectivity index (χ2v) is 4.60. The topological polar surface area (TPSA) is 69.2 Å². The number of aromatic nitrogens is 3. The molecule has 6 heteroatoms. The van der Waals surface area contributed by atoms with Gasteiger partial charge in [0.15, 0.2) is 17.3 Å². The highest BCUT2D eigenvalue weighted by Gasteiger charge is 2.11. The van der Waals surface area contributed by atoms with Crippen molar-refractivity contribution >= 4 is 16.9 Å². The molecule has 1 N–H and O–H groups in total. The smallest absolute Gasteiger partial charge is 0.161 e. The number of hydrogen-bond acceptors (Lipinski definition) is 6. The summed E-state index contributed by atoms with van der Waals surface area (Å²) < 4.78 is 10.6. The van der Waals surface area contributed by atoms with Crippen molar-refractivity contribution in [2.75, 3.05) is 26.6 Å². The first-order valence-corrected chi connectivity index (χ1v) is 6.78. The summed E-state index contributed by atoms with van der Waals surface area (Å²) in [5.41, 5.74) is 3.24. The first-order valence-electron chi connectivity index (χ1n) is 6.78. The SMILES string of the molecule is CNc1nc(-c2ccc(OC)c(OC)c2)cc2nccnc12. The van der Waals surface area contributed by atoms with Gasteiger partial charge in [-0.25, -0.2) is 9.97 Å². The van der Waals surface area contributed by atoms with E-state index in [1.54, 1.807) is 26.6 Å². The number of nitrogens with zero attached hydrogens (tertiary/aromatic N) is 3. The maximum Gasteiger partial charge on any atom is 0.161 e. The molecule has 2 aromatic heterocycles. The van der Waals surface area contributed by atoms with Gasteiger partial charge in [-0.1, -0.05) is 0 Å². The summed E-state index contributed by atoms with van der Waals surface area (Å²) >= 11 is 0. The molecule has 3 aromatic rings. The monoisotopic (exact) mass is 296 g/mol. The number of hydrogen-bond donors (Lipinski definition) is 1. The number of anilines is 1. The summed E-state index contributed by atoms with van der Waals surface area (Å²) in [7, 11) is 5.04. The van der Waals surface area contributed by atoms with Crippen LogP contribution in [0, 0.1) is 0 Å². The Balaban J connectivity index is 2.17. The molecule has 0 amide bonds. The zero-order chi connectivity index (χ0) is 15.5. The van der Waals surface area contributed by atoms with Crippen molar-refractivity contribution in [3.63, 3.8) is 0 Å². The van der Waals surface area contributed by atoms with Crippen molar-refractivity contribution in [2.24, 2.45) is 0 Å². The Labute approximate surface area is 128 Å². The van der Waals surface area contributed by atoms with E-state index in [-0.39, 0.29) is 0 Å². The number of rotatable bonds is 4. The Morgan fingerprint density at radius 1 is 0.955 bits per heavy atom. The highest BCUT2D eigenvalue weighted by atomic mass is 16.5. The molecule has 1 aromatic carbocycles. The van der Waals surface area contributed by atoms with Crippen molar-refractivity contribution in [1.29, 1.82) is 0 Å². The molecule has 0 aliphatic carbocycles. The van der Waals surface area contributed by atoms with E-state index in [2.05, 4.69) is 20.3 Å². The number of methoxy groups -OCH3 is 2. The van der Waals surface area contributed by atoms with Crippen LogP contribution in [0.4, 0.5) is 5.82 Å². The van der Waals surface area contributed by atoms with Gasteiger partial charge < -0.3 is 14.8 Å². The van der Waals surface area contributed by atoms with Gasteiger partial charge in [0.05, 0.1) is 25.4 Å². The normalized spacial score (nSPS) is 10.5. The van der Waals surface area contributed by atoms with Crippen LogP contribution >= 0.6 is 0 Å². The van der Waals surface area contributed by atoms with Crippen molar-refractivity contribution < 1.29 is 9.47 Å². The molecule has 0 aliphatic rings. The minimum absolute atomic E-state index is 0.659. The molecule has 0 spiro atoms. The van der Waals surface area contributed by atoms with Crippen LogP contribution in [0.5, 0.6) is 11.5 Å². The number of fused-ring (bicyclic) bond motifs is 1. The molecule has 0 atom stereocenters. The molecule has 0 fully saturated rings. The van der Waals surface area contributed by atoms with Gasteiger partial charge in [-0.15, -0.1) is 0 Å². The highest BCUT2D eigenvalue weighted by molar-refractivity contribution is 5.88. The third-order valence-electron chi connectivity index (χ3n) is 3.37. The van der Waals surface area contributed by atoms with E-state index in [0.29, 0.717) is 17.3 Å². The molecule has 112 valence electrons. The Morgan fingerprint density at radius 3 is 2.45 bits per heavy atom. The Kier molecular flexibility index (Phi) is 3.74. The van der Waals surface area contributed by atoms with E-state index < -0.39 is 0 Å². The van der Waals surface area contributed by atoms with Crippen molar-refractivity contribution in [1.82, 2.24) is 15.0 Å². The van der Waals surface area contributed by atoms with Crippen molar-refractivity contribution in [2.45, 2.75) is 0 Å². The van der Waals surface area contributed by atoms with Gasteiger partial charge in [-0.2, -0.15) is 0 Å². The van der Waals surface area contributed by atoms with Gasteiger partial charge in [-0.05, 0) is 24.3 Å². The maximum absolute atomic E-state index is 5.35. The molecule has 3 rings (SSSR count). The van der Waals surface area contributed by atoms with Gasteiger partial charge in [0, 0.05) is 25.0 Å². The lowest BCUT2D eigenvalue weighted by Crippen LogP contribution is -1.98. The predicted molar refractivity (Wildman–Crippen MR) is 85.4 cm³/mol. The van der Waals surface area contributed by atoms with Crippen LogP contribution in [0.3, 0.4) is 0 Å². The molecule has 0 radical (unpaired) electrons. The molecule has 6 nitrogen and oxygen atoms in total. The van der Waals surface area contributed by atoms with Crippen LogP contribution in [-0.4, -0.2) is 36.2 Å². The van der Waals surface area contributed by atoms with Crippen LogP contribution in [0.15, 0.2) is 36.7 Å². The van der Waals surface area contributed by atoms with Gasteiger partial charge in [0.1, 0.15) is 5.52 Å². The summed E-state index contributed by atoms with van der Waals surface area (Å²) in [6, 6.07) is 7.59. The lowest BCUT2D eigenvalue weighted by Gasteiger charge is -2.11. The lowest BCUT2D eigenvalue weighted by atomic mass is 10.1. The molecular weight excluding hydrogens is 280 g/mol. The standard InChI is InChI=1S/C16H16N4O2/c1-17-16-15-12(18-6-7-19-15)9-11(20-16)10-4-5-13(21-2)14(8-10)22-3/h4-9H,1-3H3,(H,17,20). The number of nitrogens with one attached hydrogen (secondary N) is 1. The van der Waals surface area contributed by atoms with E-state index in [9.17, 15) is 0 Å². The fourth-order valence-electron chi connectivity index (χ4n) is 2.29. The van der Waals surface area contributed by atoms with Crippen molar-refractivity contribution in [3.8, 4) is 22.8 Å². The van der Waals surface area contributed by atoms with Gasteiger partial charge in [-0.3, -0.25) is 4.98 Å².